The molecule has 1 N–H and O–H groups in total. The summed E-state index contributed by atoms with van der Waals surface area (Å²) >= 11 is 0. The SMILES string of the molecule is COC[C@@H](C)NC(=O)[C@H]1CCCN(S(=O)(=O)c2ccc3ccccc3c2)C1. The van der Waals surface area contributed by atoms with Crippen LogP contribution < -0.4 is 5.32 Å². The smallest absolute Gasteiger partial charge is 0.243 e. The van der Waals surface area contributed by atoms with E-state index in [4.69, 9.17) is 4.74 Å². The number of rotatable bonds is 6. The summed E-state index contributed by atoms with van der Waals surface area (Å²) in [6, 6.07) is 12.7. The largest absolute Gasteiger partial charge is 0.383 e. The highest BCUT2D eigenvalue weighted by atomic mass is 32.2. The summed E-state index contributed by atoms with van der Waals surface area (Å²) in [5.74, 6) is -0.453. The van der Waals surface area contributed by atoms with Crippen molar-refractivity contribution >= 4 is 26.7 Å². The fourth-order valence-electron chi connectivity index (χ4n) is 3.50. The number of ether oxygens (including phenoxy) is 1. The summed E-state index contributed by atoms with van der Waals surface area (Å²) in [4.78, 5) is 12.8. The Kier molecular flexibility index (Phi) is 6.14. The second kappa shape index (κ2) is 8.37. The van der Waals surface area contributed by atoms with Crippen LogP contribution in [0.2, 0.25) is 0 Å². The molecule has 146 valence electrons. The fraction of sp³-hybridized carbons (Fsp3) is 0.450. The van der Waals surface area contributed by atoms with E-state index in [1.165, 1.54) is 4.31 Å². The Morgan fingerprint density at radius 2 is 2.00 bits per heavy atom. The van der Waals surface area contributed by atoms with Crippen LogP contribution in [0.4, 0.5) is 0 Å². The monoisotopic (exact) mass is 390 g/mol. The summed E-state index contributed by atoms with van der Waals surface area (Å²) < 4.78 is 32.7. The molecular formula is C20H26N2O4S. The summed E-state index contributed by atoms with van der Waals surface area (Å²) in [6.45, 7) is 2.94. The Morgan fingerprint density at radius 1 is 1.26 bits per heavy atom. The molecule has 6 nitrogen and oxygen atoms in total. The normalized spacial score (nSPS) is 19.7. The highest BCUT2D eigenvalue weighted by Gasteiger charge is 2.33. The van der Waals surface area contributed by atoms with Crippen molar-refractivity contribution in [3.05, 3.63) is 42.5 Å². The average Bonchev–Trinajstić information content (AvgIpc) is 2.67. The lowest BCUT2D eigenvalue weighted by Crippen LogP contribution is -2.47. The van der Waals surface area contributed by atoms with Crippen molar-refractivity contribution in [1.29, 1.82) is 0 Å². The first-order valence-electron chi connectivity index (χ1n) is 9.20. The van der Waals surface area contributed by atoms with Crippen molar-refractivity contribution in [2.75, 3.05) is 26.8 Å². The van der Waals surface area contributed by atoms with Gasteiger partial charge in [-0.2, -0.15) is 4.31 Å². The number of sulfonamides is 1. The van der Waals surface area contributed by atoms with Crippen LogP contribution in [0.25, 0.3) is 10.8 Å². The topological polar surface area (TPSA) is 75.7 Å². The van der Waals surface area contributed by atoms with E-state index < -0.39 is 10.0 Å². The Hall–Kier alpha value is -1.96. The third-order valence-electron chi connectivity index (χ3n) is 4.92. The molecule has 7 heteroatoms. The zero-order chi connectivity index (χ0) is 19.4. The molecule has 2 aromatic carbocycles. The van der Waals surface area contributed by atoms with Gasteiger partial charge in [-0.05, 0) is 42.7 Å². The number of benzene rings is 2. The Bertz CT molecular complexity index is 913. The van der Waals surface area contributed by atoms with E-state index in [2.05, 4.69) is 5.32 Å². The molecule has 1 aliphatic heterocycles. The van der Waals surface area contributed by atoms with E-state index in [0.717, 1.165) is 10.8 Å². The van der Waals surface area contributed by atoms with Gasteiger partial charge in [-0.3, -0.25) is 4.79 Å². The van der Waals surface area contributed by atoms with Gasteiger partial charge in [0.05, 0.1) is 17.4 Å². The lowest BCUT2D eigenvalue weighted by atomic mass is 9.98. The van der Waals surface area contributed by atoms with E-state index in [0.29, 0.717) is 26.0 Å². The summed E-state index contributed by atoms with van der Waals surface area (Å²) in [5, 5.41) is 4.79. The summed E-state index contributed by atoms with van der Waals surface area (Å²) in [5.41, 5.74) is 0. The van der Waals surface area contributed by atoms with E-state index in [9.17, 15) is 13.2 Å². The minimum absolute atomic E-state index is 0.102. The van der Waals surface area contributed by atoms with Crippen LogP contribution in [-0.2, 0) is 19.6 Å². The number of hydrogen-bond acceptors (Lipinski definition) is 4. The fourth-order valence-corrected chi connectivity index (χ4v) is 5.06. The maximum atomic E-state index is 13.1. The van der Waals surface area contributed by atoms with E-state index in [1.807, 2.05) is 37.3 Å². The molecule has 2 atom stereocenters. The number of nitrogens with one attached hydrogen (secondary N) is 1. The predicted octanol–water partition coefficient (Wildman–Crippen LogP) is 2.39. The van der Waals surface area contributed by atoms with Gasteiger partial charge in [0.25, 0.3) is 0 Å². The van der Waals surface area contributed by atoms with Crippen LogP contribution in [0.15, 0.2) is 47.4 Å². The minimum atomic E-state index is -3.63. The molecule has 1 aliphatic rings. The zero-order valence-electron chi connectivity index (χ0n) is 15.7. The van der Waals surface area contributed by atoms with Gasteiger partial charge in [0.1, 0.15) is 0 Å². The maximum absolute atomic E-state index is 13.1. The number of amides is 1. The van der Waals surface area contributed by atoms with E-state index in [-0.39, 0.29) is 29.3 Å². The van der Waals surface area contributed by atoms with E-state index in [1.54, 1.807) is 19.2 Å². The van der Waals surface area contributed by atoms with Gasteiger partial charge >= 0.3 is 0 Å². The third-order valence-corrected chi connectivity index (χ3v) is 6.78. The van der Waals surface area contributed by atoms with Crippen LogP contribution in [0.3, 0.4) is 0 Å². The van der Waals surface area contributed by atoms with Crippen LogP contribution in [-0.4, -0.2) is 51.5 Å². The third kappa shape index (κ3) is 4.48. The molecule has 0 saturated carbocycles. The summed E-state index contributed by atoms with van der Waals surface area (Å²) in [7, 11) is -2.05. The molecule has 0 radical (unpaired) electrons. The predicted molar refractivity (Wildman–Crippen MR) is 105 cm³/mol. The van der Waals surface area contributed by atoms with Crippen LogP contribution in [0.1, 0.15) is 19.8 Å². The number of carbonyl (C=O) groups excluding carboxylic acids is 1. The van der Waals surface area contributed by atoms with Crippen LogP contribution in [0.5, 0.6) is 0 Å². The van der Waals surface area contributed by atoms with Crippen molar-refractivity contribution in [3.63, 3.8) is 0 Å². The molecule has 1 saturated heterocycles. The quantitative estimate of drug-likeness (QED) is 0.822. The lowest BCUT2D eigenvalue weighted by molar-refractivity contribution is -0.127. The molecule has 0 aromatic heterocycles. The van der Waals surface area contributed by atoms with Gasteiger partial charge in [0.15, 0.2) is 0 Å². The van der Waals surface area contributed by atoms with E-state index >= 15 is 0 Å². The molecule has 1 amide bonds. The van der Waals surface area contributed by atoms with Gasteiger partial charge in [-0.25, -0.2) is 8.42 Å². The van der Waals surface area contributed by atoms with Gasteiger partial charge in [0.2, 0.25) is 15.9 Å². The van der Waals surface area contributed by atoms with Gasteiger partial charge in [0, 0.05) is 26.2 Å². The average molecular weight is 391 g/mol. The van der Waals surface area contributed by atoms with Gasteiger partial charge in [-0.15, -0.1) is 0 Å². The Morgan fingerprint density at radius 3 is 2.74 bits per heavy atom. The Balaban J connectivity index is 1.76. The van der Waals surface area contributed by atoms with Crippen molar-refractivity contribution in [2.45, 2.75) is 30.7 Å². The highest BCUT2D eigenvalue weighted by molar-refractivity contribution is 7.89. The molecule has 0 spiro atoms. The van der Waals surface area contributed by atoms with Crippen molar-refractivity contribution in [2.24, 2.45) is 5.92 Å². The standard InChI is InChI=1S/C20H26N2O4S/c1-15(14-26-2)21-20(23)18-8-5-11-22(13-18)27(24,25)19-10-9-16-6-3-4-7-17(16)12-19/h3-4,6-7,9-10,12,15,18H,5,8,11,13-14H2,1-2H3,(H,21,23)/t15-,18+/m1/s1. The van der Waals surface area contributed by atoms with Crippen LogP contribution in [0, 0.1) is 5.92 Å². The van der Waals surface area contributed by atoms with Crippen molar-refractivity contribution in [3.8, 4) is 0 Å². The molecule has 1 fully saturated rings. The van der Waals surface area contributed by atoms with Crippen molar-refractivity contribution in [1.82, 2.24) is 9.62 Å². The zero-order valence-corrected chi connectivity index (χ0v) is 16.5. The number of fused-ring (bicyclic) bond motifs is 1. The lowest BCUT2D eigenvalue weighted by Gasteiger charge is -2.31. The van der Waals surface area contributed by atoms with Crippen molar-refractivity contribution < 1.29 is 17.9 Å². The first kappa shape index (κ1) is 19.8. The maximum Gasteiger partial charge on any atom is 0.243 e. The number of carbonyl (C=O) groups is 1. The molecule has 0 bridgehead atoms. The second-order valence-electron chi connectivity index (χ2n) is 7.08. The first-order valence-corrected chi connectivity index (χ1v) is 10.6. The summed E-state index contributed by atoms with van der Waals surface area (Å²) in [6.07, 6.45) is 1.36. The number of methoxy groups -OCH3 is 1. The first-order chi connectivity index (χ1) is 12.9. The molecule has 2 aromatic rings. The molecule has 1 heterocycles. The Labute approximate surface area is 160 Å². The number of piperidine rings is 1. The molecule has 0 aliphatic carbocycles. The number of hydrogen-bond donors (Lipinski definition) is 1. The molecule has 3 rings (SSSR count). The second-order valence-corrected chi connectivity index (χ2v) is 9.01. The molecule has 27 heavy (non-hydrogen) atoms. The number of nitrogens with zero attached hydrogens (tertiary/aromatic N) is 1. The van der Waals surface area contributed by atoms with Gasteiger partial charge < -0.3 is 10.1 Å². The van der Waals surface area contributed by atoms with Crippen LogP contribution >= 0.6 is 0 Å². The molecule has 0 unspecified atom stereocenters. The molecular weight excluding hydrogens is 364 g/mol. The highest BCUT2D eigenvalue weighted by Crippen LogP contribution is 2.26. The van der Waals surface area contributed by atoms with Gasteiger partial charge in [-0.1, -0.05) is 30.3 Å². The minimum Gasteiger partial charge on any atom is -0.383 e.